The molecule has 3 aromatic rings. The molecule has 10 heteroatoms. The number of hydrogen-bond donors (Lipinski definition) is 0. The van der Waals surface area contributed by atoms with Crippen molar-refractivity contribution in [2.75, 3.05) is 0 Å². The highest BCUT2D eigenvalue weighted by Gasteiger charge is 2.47. The average molecular weight is 457 g/mol. The molecular formula is C20H13Cl2F3N2O3. The van der Waals surface area contributed by atoms with Gasteiger partial charge in [0.05, 0.1) is 23.7 Å². The van der Waals surface area contributed by atoms with Gasteiger partial charge in [-0.1, -0.05) is 23.2 Å². The van der Waals surface area contributed by atoms with Crippen LogP contribution >= 0.6 is 23.2 Å². The molecule has 1 aliphatic heterocycles. The number of benzene rings is 2. The van der Waals surface area contributed by atoms with Gasteiger partial charge in [0.15, 0.2) is 0 Å². The summed E-state index contributed by atoms with van der Waals surface area (Å²) in [5.41, 5.74) is -1.19. The SMILES string of the molecule is FC(F)(F)c1cc(Oc2ccc(Cl)cc2)ccc1C1(Cn2cncc2Cl)OC=CO1. The first-order chi connectivity index (χ1) is 14.3. The van der Waals surface area contributed by atoms with E-state index in [1.165, 1.54) is 41.7 Å². The highest BCUT2D eigenvalue weighted by Crippen LogP contribution is 2.44. The maximum atomic E-state index is 14.0. The molecule has 0 spiro atoms. The Hall–Kier alpha value is -2.84. The van der Waals surface area contributed by atoms with E-state index in [1.807, 2.05) is 0 Å². The monoisotopic (exact) mass is 456 g/mol. The summed E-state index contributed by atoms with van der Waals surface area (Å²) in [6.07, 6.45) is 0.410. The molecule has 2 heterocycles. The number of rotatable bonds is 5. The van der Waals surface area contributed by atoms with Gasteiger partial charge in [0, 0.05) is 5.02 Å². The maximum Gasteiger partial charge on any atom is 0.417 e. The highest BCUT2D eigenvalue weighted by atomic mass is 35.5. The summed E-state index contributed by atoms with van der Waals surface area (Å²) in [5.74, 6) is -1.43. The Balaban J connectivity index is 1.74. The largest absolute Gasteiger partial charge is 0.457 e. The summed E-state index contributed by atoms with van der Waals surface area (Å²) in [5, 5.41) is 0.710. The van der Waals surface area contributed by atoms with Crippen LogP contribution in [-0.2, 0) is 28.0 Å². The van der Waals surface area contributed by atoms with Gasteiger partial charge in [-0.25, -0.2) is 4.98 Å². The van der Waals surface area contributed by atoms with E-state index < -0.39 is 17.5 Å². The van der Waals surface area contributed by atoms with E-state index in [0.717, 1.165) is 6.07 Å². The third-order valence-electron chi connectivity index (χ3n) is 4.37. The molecule has 0 unspecified atom stereocenters. The Morgan fingerprint density at radius 2 is 1.67 bits per heavy atom. The van der Waals surface area contributed by atoms with Crippen molar-refractivity contribution in [3.05, 3.63) is 88.8 Å². The molecule has 0 bridgehead atoms. The molecule has 2 aromatic carbocycles. The van der Waals surface area contributed by atoms with Gasteiger partial charge in [-0.05, 0) is 42.5 Å². The lowest BCUT2D eigenvalue weighted by atomic mass is 9.98. The van der Waals surface area contributed by atoms with Gasteiger partial charge in [0.2, 0.25) is 0 Å². The summed E-state index contributed by atoms with van der Waals surface area (Å²) < 4.78 is 59.8. The number of aromatic nitrogens is 2. The standard InChI is InChI=1S/C20H13Cl2F3N2O3/c21-13-1-3-14(4-2-13)30-15-5-6-16(17(9-15)20(23,24)25)19(28-7-8-29-19)11-27-12-26-10-18(27)22/h1-10,12H,11H2. The van der Waals surface area contributed by atoms with Crippen molar-refractivity contribution in [2.45, 2.75) is 18.5 Å². The first-order valence-electron chi connectivity index (χ1n) is 8.58. The summed E-state index contributed by atoms with van der Waals surface area (Å²) in [6, 6.07) is 9.81. The van der Waals surface area contributed by atoms with Crippen LogP contribution in [0.5, 0.6) is 11.5 Å². The highest BCUT2D eigenvalue weighted by molar-refractivity contribution is 6.30. The average Bonchev–Trinajstić information content (AvgIpc) is 3.33. The van der Waals surface area contributed by atoms with Crippen LogP contribution in [0.1, 0.15) is 11.1 Å². The lowest BCUT2D eigenvalue weighted by Gasteiger charge is -2.31. The molecule has 30 heavy (non-hydrogen) atoms. The number of hydrogen-bond acceptors (Lipinski definition) is 4. The summed E-state index contributed by atoms with van der Waals surface area (Å²) in [6.45, 7) is -0.153. The van der Waals surface area contributed by atoms with Crippen molar-refractivity contribution >= 4 is 23.2 Å². The zero-order chi connectivity index (χ0) is 21.4. The third kappa shape index (κ3) is 4.06. The molecule has 156 valence electrons. The van der Waals surface area contributed by atoms with Gasteiger partial charge >= 0.3 is 6.18 Å². The van der Waals surface area contributed by atoms with Crippen LogP contribution < -0.4 is 4.74 Å². The second kappa shape index (κ2) is 7.77. The Morgan fingerprint density at radius 3 is 2.27 bits per heavy atom. The number of nitrogens with zero attached hydrogens (tertiary/aromatic N) is 2. The van der Waals surface area contributed by atoms with Crippen LogP contribution in [0.15, 0.2) is 67.5 Å². The number of ether oxygens (including phenoxy) is 3. The number of imidazole rings is 1. The Bertz CT molecular complexity index is 1070. The van der Waals surface area contributed by atoms with E-state index >= 15 is 0 Å². The topological polar surface area (TPSA) is 45.5 Å². The third-order valence-corrected chi connectivity index (χ3v) is 4.94. The molecule has 0 aliphatic carbocycles. The van der Waals surface area contributed by atoms with Gasteiger partial charge in [0.1, 0.15) is 35.7 Å². The minimum absolute atomic E-state index is 0.00448. The van der Waals surface area contributed by atoms with Crippen molar-refractivity contribution in [2.24, 2.45) is 0 Å². The fraction of sp³-hybridized carbons (Fsp3) is 0.150. The van der Waals surface area contributed by atoms with Crippen molar-refractivity contribution in [3.8, 4) is 11.5 Å². The van der Waals surface area contributed by atoms with Crippen molar-refractivity contribution in [3.63, 3.8) is 0 Å². The molecule has 0 fully saturated rings. The zero-order valence-electron chi connectivity index (χ0n) is 15.1. The number of halogens is 5. The van der Waals surface area contributed by atoms with Crippen LogP contribution in [0.25, 0.3) is 0 Å². The number of alkyl halides is 3. The van der Waals surface area contributed by atoms with Crippen LogP contribution in [0.3, 0.4) is 0 Å². The Labute approximate surface area is 179 Å². The van der Waals surface area contributed by atoms with Gasteiger partial charge in [-0.15, -0.1) is 0 Å². The minimum Gasteiger partial charge on any atom is -0.457 e. The molecule has 1 aliphatic rings. The van der Waals surface area contributed by atoms with Crippen LogP contribution in [0, 0.1) is 0 Å². The van der Waals surface area contributed by atoms with Crippen molar-refractivity contribution < 1.29 is 27.4 Å². The van der Waals surface area contributed by atoms with Gasteiger partial charge in [-0.3, -0.25) is 0 Å². The summed E-state index contributed by atoms with van der Waals surface area (Å²) >= 11 is 11.9. The quantitative estimate of drug-likeness (QED) is 0.447. The molecule has 0 atom stereocenters. The predicted molar refractivity (Wildman–Crippen MR) is 103 cm³/mol. The van der Waals surface area contributed by atoms with Gasteiger partial charge < -0.3 is 18.8 Å². The predicted octanol–water partition coefficient (Wildman–Crippen LogP) is 6.37. The van der Waals surface area contributed by atoms with E-state index in [-0.39, 0.29) is 23.0 Å². The smallest absolute Gasteiger partial charge is 0.417 e. The molecule has 0 saturated carbocycles. The normalized spacial score (nSPS) is 15.0. The molecular weight excluding hydrogens is 444 g/mol. The van der Waals surface area contributed by atoms with E-state index in [2.05, 4.69) is 4.98 Å². The van der Waals surface area contributed by atoms with Gasteiger partial charge in [-0.2, -0.15) is 13.2 Å². The Morgan fingerprint density at radius 1 is 1.00 bits per heavy atom. The molecule has 0 amide bonds. The lowest BCUT2D eigenvalue weighted by molar-refractivity contribution is -0.174. The molecule has 0 radical (unpaired) electrons. The molecule has 1 aromatic heterocycles. The summed E-state index contributed by atoms with van der Waals surface area (Å²) in [4.78, 5) is 3.87. The van der Waals surface area contributed by atoms with E-state index in [0.29, 0.717) is 10.8 Å². The van der Waals surface area contributed by atoms with Crippen molar-refractivity contribution in [1.29, 1.82) is 0 Å². The van der Waals surface area contributed by atoms with Crippen LogP contribution in [0.2, 0.25) is 10.2 Å². The second-order valence-corrected chi connectivity index (χ2v) is 7.19. The van der Waals surface area contributed by atoms with Gasteiger partial charge in [0.25, 0.3) is 5.79 Å². The van der Waals surface area contributed by atoms with Crippen LogP contribution in [0.4, 0.5) is 13.2 Å². The Kier molecular flexibility index (Phi) is 5.29. The zero-order valence-corrected chi connectivity index (χ0v) is 16.6. The first-order valence-corrected chi connectivity index (χ1v) is 9.34. The lowest BCUT2D eigenvalue weighted by Crippen LogP contribution is -2.35. The van der Waals surface area contributed by atoms with E-state index in [4.69, 9.17) is 37.4 Å². The summed E-state index contributed by atoms with van der Waals surface area (Å²) in [7, 11) is 0. The molecule has 0 saturated heterocycles. The first kappa shape index (κ1) is 20.4. The van der Waals surface area contributed by atoms with Crippen molar-refractivity contribution in [1.82, 2.24) is 9.55 Å². The molecule has 0 N–H and O–H groups in total. The minimum atomic E-state index is -4.70. The van der Waals surface area contributed by atoms with E-state index in [1.54, 1.807) is 24.3 Å². The second-order valence-electron chi connectivity index (χ2n) is 6.37. The molecule has 5 nitrogen and oxygen atoms in total. The fourth-order valence-corrected chi connectivity index (χ4v) is 3.31. The maximum absolute atomic E-state index is 14.0. The fourth-order valence-electron chi connectivity index (χ4n) is 3.03. The van der Waals surface area contributed by atoms with E-state index in [9.17, 15) is 13.2 Å². The molecule has 4 rings (SSSR count). The van der Waals surface area contributed by atoms with Crippen LogP contribution in [-0.4, -0.2) is 9.55 Å².